The molecule has 0 atom stereocenters. The Labute approximate surface area is 143 Å². The van der Waals surface area contributed by atoms with Gasteiger partial charge in [0.15, 0.2) is 0 Å². The Morgan fingerprint density at radius 3 is 2.46 bits per heavy atom. The van der Waals surface area contributed by atoms with Crippen LogP contribution in [0.5, 0.6) is 0 Å². The fourth-order valence-electron chi connectivity index (χ4n) is 2.63. The Morgan fingerprint density at radius 2 is 1.79 bits per heavy atom. The number of carbonyl (C=O) groups excluding carboxylic acids is 1. The highest BCUT2D eigenvalue weighted by Gasteiger charge is 2.22. The monoisotopic (exact) mass is 351 g/mol. The molecule has 0 bridgehead atoms. The molecule has 1 N–H and O–H groups in total. The summed E-state index contributed by atoms with van der Waals surface area (Å²) in [6, 6.07) is 10.2. The van der Waals surface area contributed by atoms with Crippen molar-refractivity contribution in [3.63, 3.8) is 0 Å². The zero-order valence-corrected chi connectivity index (χ0v) is 13.6. The number of halogens is 3. The lowest BCUT2D eigenvalue weighted by Crippen LogP contribution is -2.50. The summed E-state index contributed by atoms with van der Waals surface area (Å²) in [6.07, 6.45) is 0. The molecule has 2 aromatic carbocycles. The first-order valence-corrected chi connectivity index (χ1v) is 7.92. The minimum absolute atomic E-state index is 0.0290. The second-order valence-electron chi connectivity index (χ2n) is 5.51. The first kappa shape index (κ1) is 16.5. The first-order chi connectivity index (χ1) is 11.5. The van der Waals surface area contributed by atoms with E-state index in [1.54, 1.807) is 4.90 Å². The van der Waals surface area contributed by atoms with Gasteiger partial charge < -0.3 is 15.1 Å². The molecule has 7 heteroatoms. The maximum Gasteiger partial charge on any atom is 0.322 e. The van der Waals surface area contributed by atoms with E-state index in [1.165, 1.54) is 6.07 Å². The van der Waals surface area contributed by atoms with Crippen LogP contribution >= 0.6 is 11.6 Å². The van der Waals surface area contributed by atoms with Gasteiger partial charge in [-0.2, -0.15) is 0 Å². The van der Waals surface area contributed by atoms with Crippen LogP contribution in [-0.4, -0.2) is 37.1 Å². The Morgan fingerprint density at radius 1 is 1.04 bits per heavy atom. The van der Waals surface area contributed by atoms with Gasteiger partial charge in [0.25, 0.3) is 0 Å². The topological polar surface area (TPSA) is 35.6 Å². The normalized spacial score (nSPS) is 14.6. The molecule has 24 heavy (non-hydrogen) atoms. The standard InChI is InChI=1S/C17H16ClF2N3O/c18-12-2-1-3-14(10-12)22-6-8-23(9-7-22)17(24)21-16-5-4-13(19)11-15(16)20/h1-5,10-11H,6-9H2,(H,21,24). The molecule has 0 aliphatic carbocycles. The fourth-order valence-corrected chi connectivity index (χ4v) is 2.81. The maximum atomic E-state index is 13.6. The number of amides is 2. The molecule has 2 aromatic rings. The molecule has 1 fully saturated rings. The molecule has 0 unspecified atom stereocenters. The van der Waals surface area contributed by atoms with Crippen LogP contribution in [-0.2, 0) is 0 Å². The summed E-state index contributed by atoms with van der Waals surface area (Å²) >= 11 is 6.00. The van der Waals surface area contributed by atoms with Gasteiger partial charge in [0.2, 0.25) is 0 Å². The number of hydrogen-bond donors (Lipinski definition) is 1. The third-order valence-electron chi connectivity index (χ3n) is 3.91. The third-order valence-corrected chi connectivity index (χ3v) is 4.15. The van der Waals surface area contributed by atoms with E-state index in [0.717, 1.165) is 17.8 Å². The van der Waals surface area contributed by atoms with E-state index in [0.29, 0.717) is 31.2 Å². The number of nitrogens with zero attached hydrogens (tertiary/aromatic N) is 2. The largest absolute Gasteiger partial charge is 0.368 e. The molecule has 2 amide bonds. The molecular weight excluding hydrogens is 336 g/mol. The molecule has 0 spiro atoms. The van der Waals surface area contributed by atoms with E-state index < -0.39 is 17.7 Å². The van der Waals surface area contributed by atoms with E-state index in [-0.39, 0.29) is 5.69 Å². The molecule has 3 rings (SSSR count). The SMILES string of the molecule is O=C(Nc1ccc(F)cc1F)N1CCN(c2cccc(Cl)c2)CC1. The van der Waals surface area contributed by atoms with Crippen molar-refractivity contribution in [1.29, 1.82) is 0 Å². The number of carbonyl (C=O) groups is 1. The van der Waals surface area contributed by atoms with Crippen molar-refractivity contribution in [2.75, 3.05) is 36.4 Å². The second kappa shape index (κ2) is 7.05. The smallest absolute Gasteiger partial charge is 0.322 e. The van der Waals surface area contributed by atoms with Crippen molar-refractivity contribution in [2.45, 2.75) is 0 Å². The van der Waals surface area contributed by atoms with Crippen molar-refractivity contribution in [3.8, 4) is 0 Å². The van der Waals surface area contributed by atoms with Gasteiger partial charge in [-0.1, -0.05) is 17.7 Å². The van der Waals surface area contributed by atoms with Crippen molar-refractivity contribution < 1.29 is 13.6 Å². The van der Waals surface area contributed by atoms with Crippen LogP contribution in [0.4, 0.5) is 25.0 Å². The zero-order valence-electron chi connectivity index (χ0n) is 12.8. The van der Waals surface area contributed by atoms with Gasteiger partial charge in [-0.05, 0) is 30.3 Å². The summed E-state index contributed by atoms with van der Waals surface area (Å²) in [5.74, 6) is -1.47. The zero-order chi connectivity index (χ0) is 17.1. The molecule has 126 valence electrons. The number of anilines is 2. The van der Waals surface area contributed by atoms with Crippen molar-refractivity contribution in [2.24, 2.45) is 0 Å². The maximum absolute atomic E-state index is 13.6. The van der Waals surface area contributed by atoms with Gasteiger partial charge in [-0.3, -0.25) is 0 Å². The van der Waals surface area contributed by atoms with Crippen LogP contribution in [0.3, 0.4) is 0 Å². The summed E-state index contributed by atoms with van der Waals surface area (Å²) in [5, 5.41) is 3.14. The van der Waals surface area contributed by atoms with Gasteiger partial charge in [0.1, 0.15) is 11.6 Å². The number of hydrogen-bond acceptors (Lipinski definition) is 2. The Hall–Kier alpha value is -2.34. The van der Waals surface area contributed by atoms with E-state index in [1.807, 2.05) is 24.3 Å². The lowest BCUT2D eigenvalue weighted by atomic mass is 10.2. The predicted molar refractivity (Wildman–Crippen MR) is 90.6 cm³/mol. The molecule has 0 aromatic heterocycles. The molecule has 0 saturated carbocycles. The number of nitrogens with one attached hydrogen (secondary N) is 1. The van der Waals surface area contributed by atoms with Gasteiger partial charge in [0, 0.05) is 43.0 Å². The van der Waals surface area contributed by atoms with Gasteiger partial charge >= 0.3 is 6.03 Å². The molecule has 1 heterocycles. The number of rotatable bonds is 2. The van der Waals surface area contributed by atoms with Crippen molar-refractivity contribution in [3.05, 3.63) is 59.1 Å². The minimum atomic E-state index is -0.791. The minimum Gasteiger partial charge on any atom is -0.368 e. The Balaban J connectivity index is 1.59. The van der Waals surface area contributed by atoms with Crippen LogP contribution in [0.25, 0.3) is 0 Å². The van der Waals surface area contributed by atoms with Crippen LogP contribution in [0.15, 0.2) is 42.5 Å². The van der Waals surface area contributed by atoms with Crippen LogP contribution in [0.1, 0.15) is 0 Å². The molecule has 1 aliphatic heterocycles. The molecule has 0 radical (unpaired) electrons. The fraction of sp³-hybridized carbons (Fsp3) is 0.235. The van der Waals surface area contributed by atoms with Gasteiger partial charge in [-0.25, -0.2) is 13.6 Å². The highest BCUT2D eigenvalue weighted by atomic mass is 35.5. The van der Waals surface area contributed by atoms with Crippen molar-refractivity contribution >= 4 is 29.0 Å². The first-order valence-electron chi connectivity index (χ1n) is 7.54. The summed E-state index contributed by atoms with van der Waals surface area (Å²) < 4.78 is 26.5. The lowest BCUT2D eigenvalue weighted by Gasteiger charge is -2.36. The Kier molecular flexibility index (Phi) is 4.85. The molecule has 1 saturated heterocycles. The molecular formula is C17H16ClF2N3O. The van der Waals surface area contributed by atoms with E-state index in [9.17, 15) is 13.6 Å². The molecule has 4 nitrogen and oxygen atoms in total. The number of piperazine rings is 1. The quantitative estimate of drug-likeness (QED) is 0.888. The van der Waals surface area contributed by atoms with Crippen LogP contribution < -0.4 is 10.2 Å². The van der Waals surface area contributed by atoms with Crippen molar-refractivity contribution in [1.82, 2.24) is 4.90 Å². The van der Waals surface area contributed by atoms with E-state index in [4.69, 9.17) is 11.6 Å². The average Bonchev–Trinajstić information content (AvgIpc) is 2.57. The lowest BCUT2D eigenvalue weighted by molar-refractivity contribution is 0.208. The summed E-state index contributed by atoms with van der Waals surface area (Å²) in [4.78, 5) is 16.0. The third kappa shape index (κ3) is 3.76. The Bertz CT molecular complexity index is 748. The van der Waals surface area contributed by atoms with Crippen LogP contribution in [0.2, 0.25) is 5.02 Å². The second-order valence-corrected chi connectivity index (χ2v) is 5.94. The molecule has 1 aliphatic rings. The van der Waals surface area contributed by atoms with E-state index in [2.05, 4.69) is 10.2 Å². The predicted octanol–water partition coefficient (Wildman–Crippen LogP) is 3.97. The van der Waals surface area contributed by atoms with Crippen LogP contribution in [0, 0.1) is 11.6 Å². The van der Waals surface area contributed by atoms with E-state index >= 15 is 0 Å². The highest BCUT2D eigenvalue weighted by molar-refractivity contribution is 6.30. The number of urea groups is 1. The summed E-state index contributed by atoms with van der Waals surface area (Å²) in [6.45, 7) is 2.31. The highest BCUT2D eigenvalue weighted by Crippen LogP contribution is 2.21. The average molecular weight is 352 g/mol. The van der Waals surface area contributed by atoms with Gasteiger partial charge in [-0.15, -0.1) is 0 Å². The summed E-state index contributed by atoms with van der Waals surface area (Å²) in [7, 11) is 0. The van der Waals surface area contributed by atoms with Gasteiger partial charge in [0.05, 0.1) is 5.69 Å². The summed E-state index contributed by atoms with van der Waals surface area (Å²) in [5.41, 5.74) is 0.978. The number of benzene rings is 2.